The summed E-state index contributed by atoms with van der Waals surface area (Å²) in [6, 6.07) is 0. The van der Waals surface area contributed by atoms with E-state index in [0.717, 1.165) is 0 Å². The fraction of sp³-hybridized carbons (Fsp3) is 0. The van der Waals surface area contributed by atoms with E-state index in [0.29, 0.717) is 0 Å². The van der Waals surface area contributed by atoms with Crippen molar-refractivity contribution in [2.24, 2.45) is 0 Å². The fourth-order valence-electron chi connectivity index (χ4n) is 0. The average molecular weight is 600 g/mol. The number of rotatable bonds is 0. The zero-order valence-corrected chi connectivity index (χ0v) is 30.3. The summed E-state index contributed by atoms with van der Waals surface area (Å²) in [5.41, 5.74) is 0. The molecule has 0 aromatic heterocycles. The molecule has 0 aliphatic heterocycles. The van der Waals surface area contributed by atoms with Crippen LogP contribution in [0.25, 0.3) is 0 Å². The first-order valence-electron chi connectivity index (χ1n) is 3.83. The molecule has 0 saturated heterocycles. The summed E-state index contributed by atoms with van der Waals surface area (Å²) in [6.45, 7) is 0. The van der Waals surface area contributed by atoms with Crippen LogP contribution in [0.3, 0.4) is 0 Å². The second-order valence-corrected chi connectivity index (χ2v) is 7.37. The fourth-order valence-corrected chi connectivity index (χ4v) is 0. The Kier molecular flexibility index (Phi) is 66.7. The molecule has 20 nitrogen and oxygen atoms in total. The Morgan fingerprint density at radius 1 is 0.367 bits per heavy atom. The van der Waals surface area contributed by atoms with Gasteiger partial charge in [0.1, 0.15) is 0 Å². The summed E-state index contributed by atoms with van der Waals surface area (Å²) in [5.74, 6) is 0. The van der Waals surface area contributed by atoms with Crippen molar-refractivity contribution in [3.8, 4) is 0 Å². The van der Waals surface area contributed by atoms with Crippen LogP contribution in [0, 0.1) is 0 Å². The molecular weight excluding hydrogens is 590 g/mol. The van der Waals surface area contributed by atoms with Crippen LogP contribution in [0.4, 0.5) is 0 Å². The smallest absolute Gasteiger partial charge is 0.822 e. The van der Waals surface area contributed by atoms with Crippen molar-refractivity contribution < 1.29 is 244 Å². The monoisotopic (exact) mass is 600 g/mol. The van der Waals surface area contributed by atoms with Crippen molar-refractivity contribution in [1.82, 2.24) is 0 Å². The SMILES string of the molecule is O=P(O)(O)O.O=P(O)(O)O.O=P(O)(O)O.O=P([O-])([O-])O.O=P([O-])([O-])[O-].[Na+].[Na+].[Na+].[Na+].[Na+]. The summed E-state index contributed by atoms with van der Waals surface area (Å²) in [6.07, 6.45) is 0. The largest absolute Gasteiger partial charge is 1.00 e. The Morgan fingerprint density at radius 2 is 0.367 bits per heavy atom. The predicted octanol–water partition coefficient (Wildman–Crippen LogP) is -22.8. The first-order valence-corrected chi connectivity index (χ1v) is 11.5. The van der Waals surface area contributed by atoms with Crippen LogP contribution in [0.1, 0.15) is 0 Å². The summed E-state index contributed by atoms with van der Waals surface area (Å²) >= 11 is 0. The maximum atomic E-state index is 8.88. The molecule has 0 aliphatic carbocycles. The van der Waals surface area contributed by atoms with E-state index in [1.807, 2.05) is 0 Å². The van der Waals surface area contributed by atoms with Gasteiger partial charge in [0.15, 0.2) is 0 Å². The molecule has 0 bridgehead atoms. The van der Waals surface area contributed by atoms with Gasteiger partial charge in [0.2, 0.25) is 0 Å². The van der Waals surface area contributed by atoms with Crippen LogP contribution < -0.4 is 172 Å². The molecule has 0 aromatic rings. The van der Waals surface area contributed by atoms with Crippen LogP contribution in [0.2, 0.25) is 0 Å². The van der Waals surface area contributed by atoms with Crippen LogP contribution in [-0.4, -0.2) is 48.9 Å². The average Bonchev–Trinajstić information content (AvgIpc) is 1.79. The van der Waals surface area contributed by atoms with E-state index < -0.39 is 39.1 Å². The molecule has 160 valence electrons. The first kappa shape index (κ1) is 65.0. The van der Waals surface area contributed by atoms with Gasteiger partial charge in [-0.05, 0) is 0 Å². The molecule has 0 saturated carbocycles. The summed E-state index contributed by atoms with van der Waals surface area (Å²) < 4.78 is 43.9. The van der Waals surface area contributed by atoms with Crippen LogP contribution in [0.5, 0.6) is 0 Å². The van der Waals surface area contributed by atoms with Crippen LogP contribution >= 0.6 is 39.1 Å². The van der Waals surface area contributed by atoms with E-state index in [-0.39, 0.29) is 148 Å². The Morgan fingerprint density at radius 3 is 0.367 bits per heavy atom. The molecule has 0 atom stereocenters. The van der Waals surface area contributed by atoms with Gasteiger partial charge in [0.05, 0.1) is 7.82 Å². The van der Waals surface area contributed by atoms with E-state index in [9.17, 15) is 0 Å². The second-order valence-electron chi connectivity index (χ2n) is 2.46. The number of phosphoric acid groups is 5. The topological polar surface area (TPSA) is 403 Å². The maximum Gasteiger partial charge on any atom is 1.00 e. The molecule has 10 N–H and O–H groups in total. The third-order valence-corrected chi connectivity index (χ3v) is 0. The van der Waals surface area contributed by atoms with E-state index in [2.05, 4.69) is 0 Å². The Balaban J connectivity index is -0.0000000200. The van der Waals surface area contributed by atoms with Crippen molar-refractivity contribution in [1.29, 1.82) is 0 Å². The van der Waals surface area contributed by atoms with E-state index >= 15 is 0 Å². The van der Waals surface area contributed by atoms with Crippen molar-refractivity contribution in [2.45, 2.75) is 0 Å². The predicted molar refractivity (Wildman–Crippen MR) is 60.2 cm³/mol. The van der Waals surface area contributed by atoms with Crippen molar-refractivity contribution in [3.63, 3.8) is 0 Å². The van der Waals surface area contributed by atoms with Gasteiger partial charge < -0.3 is 82.5 Å². The molecule has 0 heterocycles. The van der Waals surface area contributed by atoms with E-state index in [1.165, 1.54) is 0 Å². The van der Waals surface area contributed by atoms with Gasteiger partial charge in [-0.1, -0.05) is 0 Å². The molecular formula is H10Na5O20P5. The molecule has 0 unspecified atom stereocenters. The maximum absolute atomic E-state index is 8.88. The summed E-state index contributed by atoms with van der Waals surface area (Å²) in [5, 5.41) is 0. The molecule has 0 radical (unpaired) electrons. The molecule has 30 heavy (non-hydrogen) atoms. The Labute approximate surface area is 278 Å². The van der Waals surface area contributed by atoms with Crippen molar-refractivity contribution >= 4 is 39.1 Å². The molecule has 0 fully saturated rings. The van der Waals surface area contributed by atoms with Crippen molar-refractivity contribution in [2.75, 3.05) is 0 Å². The van der Waals surface area contributed by atoms with Gasteiger partial charge in [-0.3, -0.25) is 0 Å². The zero-order chi connectivity index (χ0) is 22.5. The molecule has 30 heteroatoms. The molecule has 0 aliphatic rings. The Bertz CT molecular complexity index is 385. The van der Waals surface area contributed by atoms with Gasteiger partial charge in [-0.15, -0.1) is 0 Å². The third-order valence-electron chi connectivity index (χ3n) is 0. The minimum Gasteiger partial charge on any atom is -0.822 e. The summed E-state index contributed by atoms with van der Waals surface area (Å²) in [4.78, 5) is 115. The minimum absolute atomic E-state index is 0. The van der Waals surface area contributed by atoms with Gasteiger partial charge in [-0.25, -0.2) is 13.7 Å². The van der Waals surface area contributed by atoms with Gasteiger partial charge in [0, 0.05) is 0 Å². The normalized spacial score (nSPS) is 9.83. The van der Waals surface area contributed by atoms with E-state index in [1.54, 1.807) is 0 Å². The van der Waals surface area contributed by atoms with E-state index in [4.69, 9.17) is 96.2 Å². The Hall–Kier alpha value is 5.55. The van der Waals surface area contributed by atoms with Crippen LogP contribution in [-0.2, 0) is 22.8 Å². The quantitative estimate of drug-likeness (QED) is 0.0911. The standard InChI is InChI=1S/5Na.5H3O4P/c;;;;;5*1-5(2,3)4/h;;;;;5*(H3,1,2,3,4)/q5*+1;;;;;/p-5. The second kappa shape index (κ2) is 30.8. The van der Waals surface area contributed by atoms with Crippen molar-refractivity contribution in [3.05, 3.63) is 0 Å². The number of hydrogen-bond donors (Lipinski definition) is 10. The molecule has 0 rings (SSSR count). The third kappa shape index (κ3) is 1150. The van der Waals surface area contributed by atoms with Crippen LogP contribution in [0.15, 0.2) is 0 Å². The molecule has 0 amide bonds. The zero-order valence-electron chi connectivity index (χ0n) is 15.8. The first-order chi connectivity index (χ1) is 10.0. The molecule has 0 aromatic carbocycles. The minimum atomic E-state index is -5.39. The van der Waals surface area contributed by atoms with Gasteiger partial charge >= 0.3 is 171 Å². The summed E-state index contributed by atoms with van der Waals surface area (Å²) in [7, 11) is -24.4. The number of hydrogen-bond acceptors (Lipinski definition) is 10. The van der Waals surface area contributed by atoms with Gasteiger partial charge in [0.25, 0.3) is 0 Å². The molecule has 0 spiro atoms. The van der Waals surface area contributed by atoms with Gasteiger partial charge in [-0.2, -0.15) is 7.82 Å².